The molecule has 0 spiro atoms. The van der Waals surface area contributed by atoms with Gasteiger partial charge in [-0.05, 0) is 25.1 Å². The third kappa shape index (κ3) is 2.88. The number of thiophene rings is 1. The summed E-state index contributed by atoms with van der Waals surface area (Å²) in [6, 6.07) is 3.79. The molecule has 0 atom stereocenters. The second kappa shape index (κ2) is 5.87. The monoisotopic (exact) mass is 294 g/mol. The van der Waals surface area contributed by atoms with Gasteiger partial charge < -0.3 is 14.5 Å². The molecule has 7 heteroatoms. The fourth-order valence-electron chi connectivity index (χ4n) is 1.56. The highest BCUT2D eigenvalue weighted by Gasteiger charge is 2.32. The number of ether oxygens (including phenoxy) is 1. The lowest BCUT2D eigenvalue weighted by atomic mass is 10.1. The normalized spacial score (nSPS) is 16.1. The van der Waals surface area contributed by atoms with Gasteiger partial charge in [-0.2, -0.15) is 0 Å². The van der Waals surface area contributed by atoms with Gasteiger partial charge in [0.1, 0.15) is 5.57 Å². The molecule has 20 heavy (non-hydrogen) atoms. The van der Waals surface area contributed by atoms with Crippen molar-refractivity contribution in [1.82, 2.24) is 0 Å². The van der Waals surface area contributed by atoms with Gasteiger partial charge in [-0.1, -0.05) is 5.16 Å². The van der Waals surface area contributed by atoms with E-state index in [1.165, 1.54) is 11.3 Å². The predicted molar refractivity (Wildman–Crippen MR) is 76.8 cm³/mol. The maximum atomic E-state index is 11.7. The third-order valence-electron chi connectivity index (χ3n) is 2.50. The molecular weight excluding hydrogens is 280 g/mol. The summed E-state index contributed by atoms with van der Waals surface area (Å²) in [5.41, 5.74) is 0.0345. The molecule has 0 amide bonds. The molecule has 0 unspecified atom stereocenters. The highest BCUT2D eigenvalue weighted by molar-refractivity contribution is 7.17. The van der Waals surface area contributed by atoms with E-state index >= 15 is 0 Å². The molecule has 0 radical (unpaired) electrons. The first kappa shape index (κ1) is 14.3. The van der Waals surface area contributed by atoms with Crippen molar-refractivity contribution < 1.29 is 19.2 Å². The minimum atomic E-state index is -0.658. The summed E-state index contributed by atoms with van der Waals surface area (Å²) in [5.74, 6) is -1.30. The molecule has 1 aliphatic heterocycles. The Morgan fingerprint density at radius 3 is 2.85 bits per heavy atom. The van der Waals surface area contributed by atoms with Crippen LogP contribution in [0.25, 0.3) is 6.08 Å². The molecule has 0 bridgehead atoms. The van der Waals surface area contributed by atoms with Crippen LogP contribution < -0.4 is 4.90 Å². The van der Waals surface area contributed by atoms with E-state index in [4.69, 9.17) is 4.74 Å². The maximum Gasteiger partial charge on any atom is 0.368 e. The van der Waals surface area contributed by atoms with Gasteiger partial charge in [0.15, 0.2) is 0 Å². The van der Waals surface area contributed by atoms with Crippen LogP contribution in [-0.2, 0) is 19.2 Å². The van der Waals surface area contributed by atoms with Crippen molar-refractivity contribution in [3.8, 4) is 0 Å². The number of rotatable bonds is 4. The SMILES string of the molecule is CCOC(=O)C1=NOC(=O)/C1=C/c1ccc(N(C)C)s1. The fraction of sp³-hybridized carbons (Fsp3) is 0.308. The molecular formula is C13H14N2O4S. The van der Waals surface area contributed by atoms with Crippen LogP contribution in [0, 0.1) is 0 Å². The van der Waals surface area contributed by atoms with Crippen molar-refractivity contribution in [3.63, 3.8) is 0 Å². The van der Waals surface area contributed by atoms with Crippen LogP contribution in [0.2, 0.25) is 0 Å². The average Bonchev–Trinajstić information content (AvgIpc) is 2.99. The summed E-state index contributed by atoms with van der Waals surface area (Å²) in [4.78, 5) is 30.6. The largest absolute Gasteiger partial charge is 0.461 e. The Morgan fingerprint density at radius 2 is 2.25 bits per heavy atom. The van der Waals surface area contributed by atoms with Crippen LogP contribution in [0.15, 0.2) is 22.9 Å². The molecule has 106 valence electrons. The van der Waals surface area contributed by atoms with Crippen molar-refractivity contribution in [1.29, 1.82) is 0 Å². The average molecular weight is 294 g/mol. The Morgan fingerprint density at radius 1 is 1.50 bits per heavy atom. The first-order valence-corrected chi connectivity index (χ1v) is 6.80. The molecule has 0 saturated carbocycles. The zero-order valence-corrected chi connectivity index (χ0v) is 12.2. The van der Waals surface area contributed by atoms with Gasteiger partial charge in [-0.25, -0.2) is 9.59 Å². The number of oxime groups is 1. The molecule has 0 fully saturated rings. The van der Waals surface area contributed by atoms with E-state index in [1.54, 1.807) is 13.0 Å². The Bertz CT molecular complexity index is 601. The van der Waals surface area contributed by atoms with Gasteiger partial charge in [0.05, 0.1) is 11.6 Å². The summed E-state index contributed by atoms with van der Waals surface area (Å²) >= 11 is 1.49. The van der Waals surface area contributed by atoms with E-state index in [0.717, 1.165) is 9.88 Å². The number of hydrogen-bond donors (Lipinski definition) is 0. The molecule has 2 heterocycles. The van der Waals surface area contributed by atoms with E-state index in [2.05, 4.69) is 9.99 Å². The molecule has 0 N–H and O–H groups in total. The zero-order chi connectivity index (χ0) is 14.7. The lowest BCUT2D eigenvalue weighted by Gasteiger charge is -2.06. The summed E-state index contributed by atoms with van der Waals surface area (Å²) < 4.78 is 4.84. The van der Waals surface area contributed by atoms with Crippen molar-refractivity contribution >= 4 is 40.1 Å². The van der Waals surface area contributed by atoms with Gasteiger partial charge in [-0.15, -0.1) is 11.3 Å². The lowest BCUT2D eigenvalue weighted by Crippen LogP contribution is -2.19. The maximum absolute atomic E-state index is 11.7. The minimum absolute atomic E-state index is 0.0864. The van der Waals surface area contributed by atoms with Crippen LogP contribution in [0.5, 0.6) is 0 Å². The Hall–Kier alpha value is -2.15. The van der Waals surface area contributed by atoms with Crippen LogP contribution in [0.3, 0.4) is 0 Å². The van der Waals surface area contributed by atoms with Crippen LogP contribution in [-0.4, -0.2) is 38.4 Å². The Kier molecular flexibility index (Phi) is 4.19. The van der Waals surface area contributed by atoms with Gasteiger partial charge >= 0.3 is 11.9 Å². The van der Waals surface area contributed by atoms with Gasteiger partial charge in [0.2, 0.25) is 5.71 Å². The second-order valence-corrected chi connectivity index (χ2v) is 5.26. The first-order valence-electron chi connectivity index (χ1n) is 5.98. The molecule has 1 aromatic rings. The van der Waals surface area contributed by atoms with Gasteiger partial charge in [-0.3, -0.25) is 0 Å². The molecule has 0 aliphatic carbocycles. The van der Waals surface area contributed by atoms with E-state index in [0.29, 0.717) is 0 Å². The van der Waals surface area contributed by atoms with Crippen molar-refractivity contribution in [2.75, 3.05) is 25.6 Å². The van der Waals surface area contributed by atoms with Crippen molar-refractivity contribution in [2.24, 2.45) is 5.16 Å². The van der Waals surface area contributed by atoms with Gasteiger partial charge in [0.25, 0.3) is 0 Å². The molecule has 1 aromatic heterocycles. The number of esters is 1. The second-order valence-electron chi connectivity index (χ2n) is 4.17. The zero-order valence-electron chi connectivity index (χ0n) is 11.4. The Labute approximate surface area is 120 Å². The van der Waals surface area contributed by atoms with Crippen molar-refractivity contribution in [3.05, 3.63) is 22.6 Å². The summed E-state index contributed by atoms with van der Waals surface area (Å²) in [6.45, 7) is 1.89. The summed E-state index contributed by atoms with van der Waals surface area (Å²) in [7, 11) is 3.86. The summed E-state index contributed by atoms with van der Waals surface area (Å²) in [6.07, 6.45) is 1.59. The van der Waals surface area contributed by atoms with E-state index in [-0.39, 0.29) is 17.9 Å². The van der Waals surface area contributed by atoms with Crippen molar-refractivity contribution in [2.45, 2.75) is 6.92 Å². The number of nitrogens with zero attached hydrogens (tertiary/aromatic N) is 2. The summed E-state index contributed by atoms with van der Waals surface area (Å²) in [5, 5.41) is 4.51. The number of anilines is 1. The number of carbonyl (C=O) groups excluding carboxylic acids is 2. The minimum Gasteiger partial charge on any atom is -0.461 e. The van der Waals surface area contributed by atoms with Crippen LogP contribution in [0.4, 0.5) is 5.00 Å². The molecule has 0 saturated heterocycles. The third-order valence-corrected chi connectivity index (χ3v) is 3.70. The van der Waals surface area contributed by atoms with E-state index in [9.17, 15) is 9.59 Å². The number of carbonyl (C=O) groups is 2. The topological polar surface area (TPSA) is 68.2 Å². The lowest BCUT2D eigenvalue weighted by molar-refractivity contribution is -0.136. The molecule has 2 rings (SSSR count). The van der Waals surface area contributed by atoms with E-state index in [1.807, 2.05) is 31.1 Å². The van der Waals surface area contributed by atoms with E-state index < -0.39 is 11.9 Å². The molecule has 6 nitrogen and oxygen atoms in total. The van der Waals surface area contributed by atoms with Crippen LogP contribution >= 0.6 is 11.3 Å². The fourth-order valence-corrected chi connectivity index (χ4v) is 2.43. The predicted octanol–water partition coefficient (Wildman–Crippen LogP) is 1.67. The standard InChI is InChI=1S/C13H14N2O4S/c1-4-18-13(17)11-9(12(16)19-14-11)7-8-5-6-10(20-8)15(2)3/h5-7H,4H2,1-3H3/b9-7+. The highest BCUT2D eigenvalue weighted by Crippen LogP contribution is 2.27. The van der Waals surface area contributed by atoms with Crippen LogP contribution in [0.1, 0.15) is 11.8 Å². The van der Waals surface area contributed by atoms with Gasteiger partial charge in [0, 0.05) is 19.0 Å². The quantitative estimate of drug-likeness (QED) is 0.480. The highest BCUT2D eigenvalue weighted by atomic mass is 32.1. The molecule has 1 aliphatic rings. The first-order chi connectivity index (χ1) is 9.52. The number of hydrogen-bond acceptors (Lipinski definition) is 7. The molecule has 0 aromatic carbocycles. The smallest absolute Gasteiger partial charge is 0.368 e. The Balaban J connectivity index is 2.28.